The molecule has 2 saturated heterocycles. The lowest BCUT2D eigenvalue weighted by molar-refractivity contribution is 0.0686. The van der Waals surface area contributed by atoms with E-state index in [0.717, 1.165) is 17.8 Å². The normalized spacial score (nSPS) is 24.8. The number of amides is 1. The van der Waals surface area contributed by atoms with Crippen LogP contribution in [0.25, 0.3) is 10.8 Å². The van der Waals surface area contributed by atoms with Crippen LogP contribution in [-0.4, -0.2) is 41.0 Å². The smallest absolute Gasteiger partial charge is 0.265 e. The highest BCUT2D eigenvalue weighted by atomic mass is 35.5. The SMILES string of the molecule is CN(C(=O)c1cnc(-c2ccco2)s1)C1CC2CCC(C1)N2.Cl.Cl. The van der Waals surface area contributed by atoms with Gasteiger partial charge in [0, 0.05) is 25.2 Å². The number of rotatable bonds is 3. The van der Waals surface area contributed by atoms with Crippen LogP contribution in [0.2, 0.25) is 0 Å². The summed E-state index contributed by atoms with van der Waals surface area (Å²) < 4.78 is 5.34. The van der Waals surface area contributed by atoms with Crippen molar-refractivity contribution in [2.24, 2.45) is 0 Å². The summed E-state index contributed by atoms with van der Waals surface area (Å²) in [5, 5.41) is 4.37. The first-order chi connectivity index (χ1) is 10.7. The summed E-state index contributed by atoms with van der Waals surface area (Å²) in [6, 6.07) is 5.19. The summed E-state index contributed by atoms with van der Waals surface area (Å²) in [7, 11) is 1.92. The summed E-state index contributed by atoms with van der Waals surface area (Å²) in [4.78, 5) is 19.6. The summed E-state index contributed by atoms with van der Waals surface area (Å²) in [5.74, 6) is 0.785. The number of fused-ring (bicyclic) bond motifs is 2. The molecule has 0 radical (unpaired) electrons. The van der Waals surface area contributed by atoms with Crippen LogP contribution in [0.3, 0.4) is 0 Å². The molecule has 2 unspecified atom stereocenters. The van der Waals surface area contributed by atoms with Crippen molar-refractivity contribution in [3.8, 4) is 10.8 Å². The van der Waals surface area contributed by atoms with Gasteiger partial charge in [0.2, 0.25) is 0 Å². The van der Waals surface area contributed by atoms with Gasteiger partial charge in [0.25, 0.3) is 5.91 Å². The second-order valence-corrected chi connectivity index (χ2v) is 7.22. The molecule has 4 rings (SSSR count). The summed E-state index contributed by atoms with van der Waals surface area (Å²) in [5.41, 5.74) is 0. The first-order valence-electron chi connectivity index (χ1n) is 7.73. The first kappa shape index (κ1) is 19.2. The largest absolute Gasteiger partial charge is 0.462 e. The molecular weight excluding hydrogens is 369 g/mol. The summed E-state index contributed by atoms with van der Waals surface area (Å²) >= 11 is 1.40. The van der Waals surface area contributed by atoms with Crippen molar-refractivity contribution >= 4 is 42.1 Å². The Kier molecular flexibility index (Phi) is 6.31. The van der Waals surface area contributed by atoms with Crippen LogP contribution < -0.4 is 5.32 Å². The van der Waals surface area contributed by atoms with E-state index in [1.54, 1.807) is 12.5 Å². The Labute approximate surface area is 157 Å². The van der Waals surface area contributed by atoms with Crippen LogP contribution in [0.1, 0.15) is 35.4 Å². The third kappa shape index (κ3) is 3.61. The Morgan fingerprint density at radius 2 is 2.04 bits per heavy atom. The fourth-order valence-corrected chi connectivity index (χ4v) is 4.44. The van der Waals surface area contributed by atoms with Crippen molar-refractivity contribution in [2.45, 2.75) is 43.8 Å². The number of carbonyl (C=O) groups is 1. The maximum atomic E-state index is 12.7. The molecule has 4 heterocycles. The third-order valence-corrected chi connectivity index (χ3v) is 5.76. The first-order valence-corrected chi connectivity index (χ1v) is 8.55. The molecule has 2 aromatic rings. The minimum Gasteiger partial charge on any atom is -0.462 e. The number of nitrogens with one attached hydrogen (secondary N) is 1. The van der Waals surface area contributed by atoms with Crippen LogP contribution >= 0.6 is 36.2 Å². The average Bonchev–Trinajstić information content (AvgIpc) is 3.25. The number of hydrogen-bond donors (Lipinski definition) is 1. The van der Waals surface area contributed by atoms with E-state index in [1.807, 2.05) is 24.1 Å². The van der Waals surface area contributed by atoms with Gasteiger partial charge in [0.05, 0.1) is 12.5 Å². The third-order valence-electron chi connectivity index (χ3n) is 4.76. The van der Waals surface area contributed by atoms with Crippen molar-refractivity contribution in [3.05, 3.63) is 29.5 Å². The zero-order valence-electron chi connectivity index (χ0n) is 13.3. The second kappa shape index (κ2) is 7.87. The topological polar surface area (TPSA) is 58.4 Å². The molecule has 5 nitrogen and oxygen atoms in total. The van der Waals surface area contributed by atoms with Gasteiger partial charge in [0.1, 0.15) is 4.88 Å². The molecule has 2 atom stereocenters. The Hall–Kier alpha value is -1.08. The highest BCUT2D eigenvalue weighted by molar-refractivity contribution is 7.16. The molecule has 0 spiro atoms. The van der Waals surface area contributed by atoms with Crippen LogP contribution in [0, 0.1) is 0 Å². The summed E-state index contributed by atoms with van der Waals surface area (Å²) in [6.07, 6.45) is 7.89. The van der Waals surface area contributed by atoms with Crippen LogP contribution in [0.15, 0.2) is 29.0 Å². The van der Waals surface area contributed by atoms with Crippen LogP contribution in [0.4, 0.5) is 0 Å². The molecule has 2 fully saturated rings. The molecule has 0 aliphatic carbocycles. The molecule has 8 heteroatoms. The van der Waals surface area contributed by atoms with Crippen molar-refractivity contribution < 1.29 is 9.21 Å². The van der Waals surface area contributed by atoms with Gasteiger partial charge in [-0.05, 0) is 37.8 Å². The molecule has 2 aliphatic rings. The lowest BCUT2D eigenvalue weighted by Crippen LogP contribution is -2.48. The monoisotopic (exact) mass is 389 g/mol. The van der Waals surface area contributed by atoms with E-state index < -0.39 is 0 Å². The molecule has 0 aromatic carbocycles. The molecular formula is C16H21Cl2N3O2S. The Morgan fingerprint density at radius 1 is 1.33 bits per heavy atom. The number of aromatic nitrogens is 1. The predicted octanol–water partition coefficient (Wildman–Crippen LogP) is 3.60. The van der Waals surface area contributed by atoms with Gasteiger partial charge >= 0.3 is 0 Å². The fraction of sp³-hybridized carbons (Fsp3) is 0.500. The number of furan rings is 1. The van der Waals surface area contributed by atoms with Gasteiger partial charge in [-0.25, -0.2) is 4.98 Å². The quantitative estimate of drug-likeness (QED) is 0.870. The van der Waals surface area contributed by atoms with Gasteiger partial charge in [-0.1, -0.05) is 0 Å². The minimum absolute atomic E-state index is 0. The standard InChI is InChI=1S/C16H19N3O2S.2ClH/c1-19(12-7-10-4-5-11(8-12)18-10)16(20)14-9-17-15(22-14)13-3-2-6-21-13;;/h2-3,6,9-12,18H,4-5,7-8H2,1H3;2*1H. The van der Waals surface area contributed by atoms with E-state index >= 15 is 0 Å². The maximum absolute atomic E-state index is 12.7. The van der Waals surface area contributed by atoms with Crippen molar-refractivity contribution in [1.29, 1.82) is 0 Å². The zero-order valence-corrected chi connectivity index (χ0v) is 15.8. The predicted molar refractivity (Wildman–Crippen MR) is 99.4 cm³/mol. The van der Waals surface area contributed by atoms with E-state index in [1.165, 1.54) is 24.2 Å². The second-order valence-electron chi connectivity index (χ2n) is 6.19. The van der Waals surface area contributed by atoms with Gasteiger partial charge in [-0.15, -0.1) is 36.2 Å². The van der Waals surface area contributed by atoms with Crippen molar-refractivity contribution in [1.82, 2.24) is 15.2 Å². The van der Waals surface area contributed by atoms with Gasteiger partial charge in [-0.2, -0.15) is 0 Å². The Balaban J connectivity index is 0.00000104. The molecule has 1 amide bonds. The number of piperidine rings is 1. The zero-order chi connectivity index (χ0) is 15.1. The van der Waals surface area contributed by atoms with E-state index in [9.17, 15) is 4.79 Å². The molecule has 2 aliphatic heterocycles. The number of nitrogens with zero attached hydrogens (tertiary/aromatic N) is 2. The van der Waals surface area contributed by atoms with E-state index in [-0.39, 0.29) is 30.7 Å². The van der Waals surface area contributed by atoms with Gasteiger partial charge in [-0.3, -0.25) is 4.79 Å². The molecule has 1 N–H and O–H groups in total. The lowest BCUT2D eigenvalue weighted by Gasteiger charge is -2.35. The lowest BCUT2D eigenvalue weighted by atomic mass is 9.98. The minimum atomic E-state index is 0. The molecule has 2 bridgehead atoms. The number of halogens is 2. The number of carbonyl (C=O) groups excluding carboxylic acids is 1. The van der Waals surface area contributed by atoms with Crippen LogP contribution in [-0.2, 0) is 0 Å². The highest BCUT2D eigenvalue weighted by Crippen LogP contribution is 2.31. The molecule has 24 heavy (non-hydrogen) atoms. The van der Waals surface area contributed by atoms with Crippen LogP contribution in [0.5, 0.6) is 0 Å². The molecule has 0 saturated carbocycles. The fourth-order valence-electron chi connectivity index (χ4n) is 3.57. The Morgan fingerprint density at radius 3 is 2.67 bits per heavy atom. The van der Waals surface area contributed by atoms with Gasteiger partial charge < -0.3 is 14.6 Å². The van der Waals surface area contributed by atoms with Gasteiger partial charge in [0.15, 0.2) is 10.8 Å². The number of hydrogen-bond acceptors (Lipinski definition) is 5. The van der Waals surface area contributed by atoms with Crippen molar-refractivity contribution in [3.63, 3.8) is 0 Å². The van der Waals surface area contributed by atoms with E-state index in [0.29, 0.717) is 28.8 Å². The summed E-state index contributed by atoms with van der Waals surface area (Å²) in [6.45, 7) is 0. The van der Waals surface area contributed by atoms with E-state index in [2.05, 4.69) is 10.3 Å². The number of thiazole rings is 1. The Bertz CT molecular complexity index is 665. The average molecular weight is 390 g/mol. The van der Waals surface area contributed by atoms with Crippen molar-refractivity contribution in [2.75, 3.05) is 7.05 Å². The molecule has 2 aromatic heterocycles. The molecule has 132 valence electrons. The highest BCUT2D eigenvalue weighted by Gasteiger charge is 2.36. The maximum Gasteiger partial charge on any atom is 0.265 e. The van der Waals surface area contributed by atoms with E-state index in [4.69, 9.17) is 4.42 Å².